The van der Waals surface area contributed by atoms with E-state index in [1.807, 2.05) is 24.1 Å². The third kappa shape index (κ3) is 3.72. The van der Waals surface area contributed by atoms with Crippen LogP contribution >= 0.6 is 0 Å². The SMILES string of the molecule is CN(C(=O)NCC1(c2ccc(F)cc2)CC1)C1CCC(CO)CC1. The van der Waals surface area contributed by atoms with Crippen LogP contribution in [-0.4, -0.2) is 42.3 Å². The molecule has 0 aromatic heterocycles. The zero-order valence-corrected chi connectivity index (χ0v) is 14.3. The van der Waals surface area contributed by atoms with E-state index in [2.05, 4.69) is 5.32 Å². The van der Waals surface area contributed by atoms with Gasteiger partial charge in [-0.3, -0.25) is 0 Å². The van der Waals surface area contributed by atoms with E-state index in [9.17, 15) is 14.3 Å². The van der Waals surface area contributed by atoms with Gasteiger partial charge < -0.3 is 15.3 Å². The molecular weight excluding hydrogens is 307 g/mol. The van der Waals surface area contributed by atoms with Crippen LogP contribution in [0, 0.1) is 11.7 Å². The van der Waals surface area contributed by atoms with Crippen LogP contribution in [0.1, 0.15) is 44.1 Å². The number of nitrogens with one attached hydrogen (secondary N) is 1. The summed E-state index contributed by atoms with van der Waals surface area (Å²) < 4.78 is 13.1. The highest BCUT2D eigenvalue weighted by Gasteiger charge is 2.44. The molecule has 0 bridgehead atoms. The Kier molecular flexibility index (Phi) is 5.09. The quantitative estimate of drug-likeness (QED) is 0.869. The Morgan fingerprint density at radius 2 is 1.88 bits per heavy atom. The zero-order chi connectivity index (χ0) is 17.2. The van der Waals surface area contributed by atoms with E-state index in [0.717, 1.165) is 44.1 Å². The zero-order valence-electron chi connectivity index (χ0n) is 14.3. The summed E-state index contributed by atoms with van der Waals surface area (Å²) in [5, 5.41) is 12.3. The maximum atomic E-state index is 13.1. The summed E-state index contributed by atoms with van der Waals surface area (Å²) in [4.78, 5) is 14.3. The van der Waals surface area contributed by atoms with Crippen LogP contribution in [0.3, 0.4) is 0 Å². The highest BCUT2D eigenvalue weighted by atomic mass is 19.1. The Morgan fingerprint density at radius 3 is 2.42 bits per heavy atom. The maximum absolute atomic E-state index is 13.1. The van der Waals surface area contributed by atoms with Crippen molar-refractivity contribution in [3.05, 3.63) is 35.6 Å². The minimum absolute atomic E-state index is 0.0151. The number of carbonyl (C=O) groups is 1. The first-order chi connectivity index (χ1) is 11.5. The van der Waals surface area contributed by atoms with Crippen molar-refractivity contribution in [1.29, 1.82) is 0 Å². The second-order valence-electron chi connectivity index (χ2n) is 7.41. The molecule has 0 spiro atoms. The normalized spacial score (nSPS) is 25.1. The average Bonchev–Trinajstić information content (AvgIpc) is 3.41. The summed E-state index contributed by atoms with van der Waals surface area (Å²) >= 11 is 0. The Hall–Kier alpha value is -1.62. The molecule has 132 valence electrons. The van der Waals surface area contributed by atoms with Crippen LogP contribution in [0.4, 0.5) is 9.18 Å². The van der Waals surface area contributed by atoms with Gasteiger partial charge in [0.15, 0.2) is 0 Å². The second-order valence-corrected chi connectivity index (χ2v) is 7.41. The standard InChI is InChI=1S/C19H27FN2O2/c1-22(17-8-2-14(12-23)3-9-17)18(24)21-13-19(10-11-19)15-4-6-16(20)7-5-15/h4-7,14,17,23H,2-3,8-13H2,1H3,(H,21,24). The minimum atomic E-state index is -0.225. The minimum Gasteiger partial charge on any atom is -0.396 e. The number of halogens is 1. The highest BCUT2D eigenvalue weighted by molar-refractivity contribution is 5.74. The fourth-order valence-electron chi connectivity index (χ4n) is 3.77. The van der Waals surface area contributed by atoms with Crippen molar-refractivity contribution in [3.63, 3.8) is 0 Å². The molecule has 5 heteroatoms. The van der Waals surface area contributed by atoms with Crippen molar-refractivity contribution in [1.82, 2.24) is 10.2 Å². The molecule has 0 radical (unpaired) electrons. The van der Waals surface area contributed by atoms with Gasteiger partial charge in [0.1, 0.15) is 5.82 Å². The van der Waals surface area contributed by atoms with Gasteiger partial charge in [-0.05, 0) is 62.1 Å². The van der Waals surface area contributed by atoms with Gasteiger partial charge in [-0.1, -0.05) is 12.1 Å². The molecule has 0 atom stereocenters. The molecule has 0 saturated heterocycles. The fourth-order valence-corrected chi connectivity index (χ4v) is 3.77. The molecule has 1 aromatic carbocycles. The van der Waals surface area contributed by atoms with Gasteiger partial charge in [-0.15, -0.1) is 0 Å². The van der Waals surface area contributed by atoms with Gasteiger partial charge in [0, 0.05) is 31.7 Å². The predicted molar refractivity (Wildman–Crippen MR) is 91.3 cm³/mol. The summed E-state index contributed by atoms with van der Waals surface area (Å²) in [6.07, 6.45) is 5.95. The number of aliphatic hydroxyl groups excluding tert-OH is 1. The monoisotopic (exact) mass is 334 g/mol. The molecule has 2 aliphatic carbocycles. The van der Waals surface area contributed by atoms with Gasteiger partial charge in [0.05, 0.1) is 0 Å². The average molecular weight is 334 g/mol. The molecule has 4 nitrogen and oxygen atoms in total. The lowest BCUT2D eigenvalue weighted by atomic mass is 9.86. The lowest BCUT2D eigenvalue weighted by molar-refractivity contribution is 0.134. The Bertz CT molecular complexity index is 563. The summed E-state index contributed by atoms with van der Waals surface area (Å²) in [6, 6.07) is 6.86. The van der Waals surface area contributed by atoms with E-state index in [-0.39, 0.29) is 29.9 Å². The predicted octanol–water partition coefficient (Wildman–Crippen LogP) is 3.05. The maximum Gasteiger partial charge on any atom is 0.317 e. The third-order valence-electron chi connectivity index (χ3n) is 5.83. The highest BCUT2D eigenvalue weighted by Crippen LogP contribution is 2.47. The van der Waals surface area contributed by atoms with Crippen molar-refractivity contribution in [2.24, 2.45) is 5.92 Å². The molecule has 2 aliphatic rings. The van der Waals surface area contributed by atoms with Crippen LogP contribution in [0.5, 0.6) is 0 Å². The summed E-state index contributed by atoms with van der Waals surface area (Å²) in [5.41, 5.74) is 1.09. The molecule has 3 rings (SSSR count). The number of amides is 2. The lowest BCUT2D eigenvalue weighted by Crippen LogP contribution is -2.47. The smallest absolute Gasteiger partial charge is 0.317 e. The number of rotatable bonds is 5. The largest absolute Gasteiger partial charge is 0.396 e. The van der Waals surface area contributed by atoms with Crippen LogP contribution in [0.15, 0.2) is 24.3 Å². The number of urea groups is 1. The van der Waals surface area contributed by atoms with Crippen molar-refractivity contribution in [3.8, 4) is 0 Å². The van der Waals surface area contributed by atoms with E-state index in [4.69, 9.17) is 0 Å². The van der Waals surface area contributed by atoms with E-state index < -0.39 is 0 Å². The second kappa shape index (κ2) is 7.09. The molecular formula is C19H27FN2O2. The molecule has 24 heavy (non-hydrogen) atoms. The number of carbonyl (C=O) groups excluding carboxylic acids is 1. The lowest BCUT2D eigenvalue weighted by Gasteiger charge is -2.34. The van der Waals surface area contributed by atoms with Crippen LogP contribution in [0.25, 0.3) is 0 Å². The van der Waals surface area contributed by atoms with E-state index >= 15 is 0 Å². The van der Waals surface area contributed by atoms with Crippen LogP contribution < -0.4 is 5.32 Å². The van der Waals surface area contributed by atoms with Gasteiger partial charge >= 0.3 is 6.03 Å². The fraction of sp³-hybridized carbons (Fsp3) is 0.632. The number of aliphatic hydroxyl groups is 1. The number of benzene rings is 1. The van der Waals surface area contributed by atoms with Crippen molar-refractivity contribution < 1.29 is 14.3 Å². The van der Waals surface area contributed by atoms with Gasteiger partial charge in [-0.2, -0.15) is 0 Å². The van der Waals surface area contributed by atoms with Crippen molar-refractivity contribution in [2.45, 2.75) is 50.0 Å². The molecule has 2 amide bonds. The van der Waals surface area contributed by atoms with Crippen LogP contribution in [-0.2, 0) is 5.41 Å². The van der Waals surface area contributed by atoms with Crippen LogP contribution in [0.2, 0.25) is 0 Å². The van der Waals surface area contributed by atoms with E-state index in [0.29, 0.717) is 12.5 Å². The van der Waals surface area contributed by atoms with Gasteiger partial charge in [0.25, 0.3) is 0 Å². The number of hydrogen-bond donors (Lipinski definition) is 2. The first kappa shape index (κ1) is 17.2. The molecule has 0 aliphatic heterocycles. The van der Waals surface area contributed by atoms with E-state index in [1.54, 1.807) is 0 Å². The van der Waals surface area contributed by atoms with Crippen molar-refractivity contribution in [2.75, 3.05) is 20.2 Å². The topological polar surface area (TPSA) is 52.6 Å². The number of nitrogens with zero attached hydrogens (tertiary/aromatic N) is 1. The Morgan fingerprint density at radius 1 is 1.25 bits per heavy atom. The van der Waals surface area contributed by atoms with Gasteiger partial charge in [-0.25, -0.2) is 9.18 Å². The summed E-state index contributed by atoms with van der Waals surface area (Å²) in [5.74, 6) is 0.169. The molecule has 2 N–H and O–H groups in total. The molecule has 2 saturated carbocycles. The third-order valence-corrected chi connectivity index (χ3v) is 5.83. The number of hydrogen-bond acceptors (Lipinski definition) is 2. The van der Waals surface area contributed by atoms with Crippen molar-refractivity contribution >= 4 is 6.03 Å². The first-order valence-electron chi connectivity index (χ1n) is 8.92. The molecule has 1 aromatic rings. The molecule has 0 heterocycles. The summed E-state index contributed by atoms with van der Waals surface area (Å²) in [7, 11) is 1.86. The first-order valence-corrected chi connectivity index (χ1v) is 8.92. The molecule has 2 fully saturated rings. The van der Waals surface area contributed by atoms with Gasteiger partial charge in [0.2, 0.25) is 0 Å². The molecule has 0 unspecified atom stereocenters. The Labute approximate surface area is 143 Å². The van der Waals surface area contributed by atoms with E-state index in [1.165, 1.54) is 12.1 Å². The summed E-state index contributed by atoms with van der Waals surface area (Å²) in [6.45, 7) is 0.858. The Balaban J connectivity index is 1.51.